The van der Waals surface area contributed by atoms with E-state index in [4.69, 9.17) is 4.74 Å². The number of ketones is 2. The van der Waals surface area contributed by atoms with Gasteiger partial charge in [0.15, 0.2) is 11.6 Å². The molecule has 0 aliphatic heterocycles. The fourth-order valence-corrected chi connectivity index (χ4v) is 4.36. The van der Waals surface area contributed by atoms with Crippen molar-refractivity contribution in [2.45, 2.75) is 23.9 Å². The minimum atomic E-state index is 0.00675. The van der Waals surface area contributed by atoms with E-state index in [2.05, 4.69) is 31.9 Å². The highest BCUT2D eigenvalue weighted by atomic mass is 79.9. The molecule has 0 saturated carbocycles. The number of ether oxygens (including phenoxy) is 1. The number of hydrogen-bond donors (Lipinski definition) is 0. The zero-order valence-corrected chi connectivity index (χ0v) is 22.2. The lowest BCUT2D eigenvalue weighted by molar-refractivity contribution is 0.103. The van der Waals surface area contributed by atoms with Crippen molar-refractivity contribution in [1.82, 2.24) is 0 Å². The number of halogens is 2. The molecule has 4 aromatic carbocycles. The number of carbonyl (C=O) groups is 2. The Kier molecular flexibility index (Phi) is 8.80. The molecular formula is C30H24Br2O3. The van der Waals surface area contributed by atoms with Crippen LogP contribution in [0.4, 0.5) is 0 Å². The molecule has 3 nitrogen and oxygen atoms in total. The van der Waals surface area contributed by atoms with E-state index in [1.54, 1.807) is 0 Å². The molecule has 0 aromatic heterocycles. The van der Waals surface area contributed by atoms with Crippen molar-refractivity contribution in [3.8, 4) is 0 Å². The van der Waals surface area contributed by atoms with Crippen LogP contribution in [0, 0.1) is 0 Å². The van der Waals surface area contributed by atoms with E-state index >= 15 is 0 Å². The van der Waals surface area contributed by atoms with Gasteiger partial charge in [-0.25, -0.2) is 0 Å². The van der Waals surface area contributed by atoms with Crippen molar-refractivity contribution >= 4 is 43.4 Å². The maximum atomic E-state index is 12.7. The first kappa shape index (κ1) is 25.2. The molecule has 0 radical (unpaired) electrons. The van der Waals surface area contributed by atoms with E-state index < -0.39 is 0 Å². The van der Waals surface area contributed by atoms with Crippen LogP contribution in [-0.4, -0.2) is 11.6 Å². The fraction of sp³-hybridized carbons (Fsp3) is 0.133. The van der Waals surface area contributed by atoms with E-state index in [1.165, 1.54) is 0 Å². The topological polar surface area (TPSA) is 43.4 Å². The van der Waals surface area contributed by atoms with E-state index in [-0.39, 0.29) is 11.6 Å². The Bertz CT molecular complexity index is 1170. The molecule has 0 fully saturated rings. The largest absolute Gasteiger partial charge is 0.372 e. The average molecular weight is 592 g/mol. The maximum Gasteiger partial charge on any atom is 0.193 e. The minimum Gasteiger partial charge on any atom is -0.372 e. The van der Waals surface area contributed by atoms with E-state index in [0.717, 1.165) is 32.9 Å². The van der Waals surface area contributed by atoms with E-state index in [0.29, 0.717) is 35.5 Å². The third kappa shape index (κ3) is 6.63. The van der Waals surface area contributed by atoms with Gasteiger partial charge in [0.25, 0.3) is 0 Å². The second kappa shape index (κ2) is 12.2. The molecule has 0 heterocycles. The quantitative estimate of drug-likeness (QED) is 0.140. The molecule has 0 bridgehead atoms. The van der Waals surface area contributed by atoms with Crippen molar-refractivity contribution in [2.24, 2.45) is 0 Å². The monoisotopic (exact) mass is 590 g/mol. The lowest BCUT2D eigenvalue weighted by Crippen LogP contribution is -2.02. The average Bonchev–Trinajstić information content (AvgIpc) is 2.93. The molecule has 0 aliphatic rings. The predicted octanol–water partition coefficient (Wildman–Crippen LogP) is 7.66. The fourth-order valence-electron chi connectivity index (χ4n) is 3.62. The van der Waals surface area contributed by atoms with Gasteiger partial charge < -0.3 is 4.74 Å². The second-order valence-electron chi connectivity index (χ2n) is 8.21. The highest BCUT2D eigenvalue weighted by Crippen LogP contribution is 2.16. The van der Waals surface area contributed by atoms with Gasteiger partial charge in [-0.3, -0.25) is 9.59 Å². The third-order valence-electron chi connectivity index (χ3n) is 5.71. The number of carbonyl (C=O) groups excluding carboxylic acids is 2. The Morgan fingerprint density at radius 1 is 0.457 bits per heavy atom. The second-order valence-corrected chi connectivity index (χ2v) is 9.33. The number of alkyl halides is 2. The Morgan fingerprint density at radius 3 is 0.971 bits per heavy atom. The molecule has 0 aliphatic carbocycles. The van der Waals surface area contributed by atoms with Gasteiger partial charge in [0.2, 0.25) is 0 Å². The van der Waals surface area contributed by atoms with Gasteiger partial charge in [0.1, 0.15) is 0 Å². The van der Waals surface area contributed by atoms with Crippen LogP contribution >= 0.6 is 31.9 Å². The Labute approximate surface area is 222 Å². The molecule has 176 valence electrons. The first-order chi connectivity index (χ1) is 17.1. The normalized spacial score (nSPS) is 10.8. The van der Waals surface area contributed by atoms with Gasteiger partial charge in [0, 0.05) is 32.9 Å². The van der Waals surface area contributed by atoms with Crippen LogP contribution < -0.4 is 0 Å². The summed E-state index contributed by atoms with van der Waals surface area (Å²) >= 11 is 6.83. The van der Waals surface area contributed by atoms with Crippen molar-refractivity contribution in [2.75, 3.05) is 0 Å². The number of hydrogen-bond acceptors (Lipinski definition) is 3. The summed E-state index contributed by atoms with van der Waals surface area (Å²) in [6, 6.07) is 30.3. The van der Waals surface area contributed by atoms with Crippen LogP contribution in [0.15, 0.2) is 97.1 Å². The molecule has 0 atom stereocenters. The molecule has 0 N–H and O–H groups in total. The molecule has 5 heteroatoms. The minimum absolute atomic E-state index is 0.00675. The first-order valence-corrected chi connectivity index (χ1v) is 13.5. The Hall–Kier alpha value is -2.86. The summed E-state index contributed by atoms with van der Waals surface area (Å²) in [4.78, 5) is 25.4. The molecule has 0 spiro atoms. The summed E-state index contributed by atoms with van der Waals surface area (Å²) in [5.41, 5.74) is 6.92. The summed E-state index contributed by atoms with van der Waals surface area (Å²) in [6.07, 6.45) is 0. The van der Waals surface area contributed by atoms with Crippen molar-refractivity contribution in [1.29, 1.82) is 0 Å². The van der Waals surface area contributed by atoms with Crippen LogP contribution in [0.1, 0.15) is 54.1 Å². The summed E-state index contributed by atoms with van der Waals surface area (Å²) in [7, 11) is 0. The number of rotatable bonds is 10. The summed E-state index contributed by atoms with van der Waals surface area (Å²) in [5, 5.41) is 1.54. The van der Waals surface area contributed by atoms with Gasteiger partial charge in [-0.2, -0.15) is 0 Å². The smallest absolute Gasteiger partial charge is 0.193 e. The van der Waals surface area contributed by atoms with Crippen molar-refractivity contribution < 1.29 is 14.3 Å². The zero-order valence-electron chi connectivity index (χ0n) is 19.0. The van der Waals surface area contributed by atoms with Crippen LogP contribution in [0.2, 0.25) is 0 Å². The van der Waals surface area contributed by atoms with Gasteiger partial charge in [-0.1, -0.05) is 129 Å². The lowest BCUT2D eigenvalue weighted by Gasteiger charge is -2.08. The van der Waals surface area contributed by atoms with Crippen molar-refractivity contribution in [3.63, 3.8) is 0 Å². The standard InChI is InChI=1S/C30H24Br2O3/c31-17-21-1-9-25(10-2-21)29(33)27-13-5-23(6-14-27)19-35-20-24-7-15-28(16-8-24)30(34)26-11-3-22(18-32)4-12-26/h1-16H,17-20H2. The Balaban J connectivity index is 1.29. The SMILES string of the molecule is O=C(c1ccc(CBr)cc1)c1ccc(COCc2ccc(C(=O)c3ccc(CBr)cc3)cc2)cc1. The first-order valence-electron chi connectivity index (χ1n) is 11.2. The lowest BCUT2D eigenvalue weighted by atomic mass is 10.0. The Morgan fingerprint density at radius 2 is 0.714 bits per heavy atom. The maximum absolute atomic E-state index is 12.7. The van der Waals surface area contributed by atoms with Crippen molar-refractivity contribution in [3.05, 3.63) is 142 Å². The van der Waals surface area contributed by atoms with E-state index in [1.807, 2.05) is 97.1 Å². The summed E-state index contributed by atoms with van der Waals surface area (Å²) < 4.78 is 5.85. The van der Waals surface area contributed by atoms with Gasteiger partial charge >= 0.3 is 0 Å². The predicted molar refractivity (Wildman–Crippen MR) is 146 cm³/mol. The summed E-state index contributed by atoms with van der Waals surface area (Å²) in [6.45, 7) is 0.879. The van der Waals surface area contributed by atoms with Crippen LogP contribution in [0.3, 0.4) is 0 Å². The summed E-state index contributed by atoms with van der Waals surface area (Å²) in [5.74, 6) is 0.0135. The molecule has 0 amide bonds. The van der Waals surface area contributed by atoms with Gasteiger partial charge in [-0.15, -0.1) is 0 Å². The molecule has 0 saturated heterocycles. The number of benzene rings is 4. The van der Waals surface area contributed by atoms with Gasteiger partial charge in [0.05, 0.1) is 13.2 Å². The van der Waals surface area contributed by atoms with Crippen LogP contribution in [0.25, 0.3) is 0 Å². The molecule has 4 rings (SSSR count). The zero-order chi connectivity index (χ0) is 24.6. The highest BCUT2D eigenvalue weighted by molar-refractivity contribution is 9.08. The van der Waals surface area contributed by atoms with E-state index in [9.17, 15) is 9.59 Å². The third-order valence-corrected chi connectivity index (χ3v) is 7.01. The molecule has 4 aromatic rings. The highest BCUT2D eigenvalue weighted by Gasteiger charge is 2.10. The van der Waals surface area contributed by atoms with Crippen LogP contribution in [-0.2, 0) is 28.6 Å². The molecular weight excluding hydrogens is 568 g/mol. The van der Waals surface area contributed by atoms with Crippen LogP contribution in [0.5, 0.6) is 0 Å². The molecule has 35 heavy (non-hydrogen) atoms. The van der Waals surface area contributed by atoms with Gasteiger partial charge in [-0.05, 0) is 22.3 Å². The molecule has 0 unspecified atom stereocenters.